The third-order valence-corrected chi connectivity index (χ3v) is 4.92. The number of nitrogen functional groups attached to an aromatic ring is 1. The zero-order valence-corrected chi connectivity index (χ0v) is 10.2. The highest BCUT2D eigenvalue weighted by molar-refractivity contribution is 6.84. The molecule has 0 aromatic heterocycles. The second-order valence-corrected chi connectivity index (χ2v) is 7.87. The fourth-order valence-electron chi connectivity index (χ4n) is 1.33. The highest BCUT2D eigenvalue weighted by Gasteiger charge is 2.24. The molecule has 0 atom stereocenters. The summed E-state index contributed by atoms with van der Waals surface area (Å²) < 4.78 is 5.90. The van der Waals surface area contributed by atoms with Gasteiger partial charge in [-0.15, -0.1) is 0 Å². The van der Waals surface area contributed by atoms with Gasteiger partial charge in [-0.1, -0.05) is 19.1 Å². The number of benzene rings is 1. The van der Waals surface area contributed by atoms with Crippen molar-refractivity contribution in [2.45, 2.75) is 26.4 Å². The first-order valence-electron chi connectivity index (χ1n) is 5.06. The molecule has 0 bridgehead atoms. The Morgan fingerprint density at radius 2 is 1.79 bits per heavy atom. The maximum atomic E-state index is 5.90. The molecule has 1 aromatic carbocycles. The molecule has 0 aliphatic heterocycles. The summed E-state index contributed by atoms with van der Waals surface area (Å²) in [6, 6.07) is 8.05. The first-order chi connectivity index (χ1) is 6.56. The summed E-state index contributed by atoms with van der Waals surface area (Å²) in [6.07, 6.45) is 1.07. The van der Waals surface area contributed by atoms with Crippen molar-refractivity contribution < 1.29 is 4.43 Å². The van der Waals surface area contributed by atoms with E-state index in [1.54, 1.807) is 0 Å². The van der Waals surface area contributed by atoms with Crippen LogP contribution in [0.25, 0.3) is 0 Å². The number of nitrogens with two attached hydrogens (primary N) is 1. The zero-order chi connectivity index (χ0) is 10.6. The molecule has 0 fully saturated rings. The summed E-state index contributed by atoms with van der Waals surface area (Å²) in [4.78, 5) is 0. The number of anilines is 1. The van der Waals surface area contributed by atoms with Crippen molar-refractivity contribution in [1.29, 1.82) is 0 Å². The Bertz CT molecular complexity index is 282. The molecule has 1 rings (SSSR count). The van der Waals surface area contributed by atoms with E-state index in [1.807, 2.05) is 12.1 Å². The van der Waals surface area contributed by atoms with Gasteiger partial charge in [-0.3, -0.25) is 0 Å². The lowest BCUT2D eigenvalue weighted by Crippen LogP contribution is -2.44. The van der Waals surface area contributed by atoms with E-state index in [-0.39, 0.29) is 0 Å². The predicted molar refractivity (Wildman–Crippen MR) is 64.2 cm³/mol. The molecule has 2 N–H and O–H groups in total. The normalized spacial score (nSPS) is 11.6. The molecule has 1 aromatic rings. The van der Waals surface area contributed by atoms with Crippen molar-refractivity contribution >= 4 is 19.2 Å². The summed E-state index contributed by atoms with van der Waals surface area (Å²) >= 11 is 0. The summed E-state index contributed by atoms with van der Waals surface area (Å²) in [6.45, 7) is 7.42. The Balaban J connectivity index is 2.75. The molecule has 0 unspecified atom stereocenters. The second-order valence-electron chi connectivity index (χ2n) is 3.98. The van der Waals surface area contributed by atoms with Crippen LogP contribution in [0.15, 0.2) is 24.3 Å². The van der Waals surface area contributed by atoms with Crippen molar-refractivity contribution in [2.24, 2.45) is 0 Å². The van der Waals surface area contributed by atoms with Gasteiger partial charge in [0.15, 0.2) is 0 Å². The summed E-state index contributed by atoms with van der Waals surface area (Å²) in [5, 5.41) is 1.31. The third kappa shape index (κ3) is 2.85. The average molecular weight is 209 g/mol. The summed E-state index contributed by atoms with van der Waals surface area (Å²) in [5.41, 5.74) is 6.46. The number of hydrogen-bond acceptors (Lipinski definition) is 2. The third-order valence-electron chi connectivity index (χ3n) is 2.27. The van der Waals surface area contributed by atoms with Crippen molar-refractivity contribution in [3.8, 4) is 0 Å². The molecule has 0 radical (unpaired) electrons. The Morgan fingerprint density at radius 1 is 1.21 bits per heavy atom. The predicted octanol–water partition coefficient (Wildman–Crippen LogP) is 2.11. The molecular weight excluding hydrogens is 190 g/mol. The smallest absolute Gasteiger partial charge is 0.218 e. The van der Waals surface area contributed by atoms with Crippen molar-refractivity contribution in [3.05, 3.63) is 24.3 Å². The minimum atomic E-state index is -1.68. The molecular formula is C11H19NOSi. The first-order valence-corrected chi connectivity index (χ1v) is 7.97. The van der Waals surface area contributed by atoms with Crippen LogP contribution in [0.3, 0.4) is 0 Å². The monoisotopic (exact) mass is 209 g/mol. The molecule has 78 valence electrons. The maximum Gasteiger partial charge on any atom is 0.218 e. The van der Waals surface area contributed by atoms with Crippen molar-refractivity contribution in [2.75, 3.05) is 12.3 Å². The Morgan fingerprint density at radius 3 is 2.29 bits per heavy atom. The highest BCUT2D eigenvalue weighted by Crippen LogP contribution is 2.07. The summed E-state index contributed by atoms with van der Waals surface area (Å²) in [7, 11) is -1.68. The van der Waals surface area contributed by atoms with Gasteiger partial charge >= 0.3 is 0 Å². The van der Waals surface area contributed by atoms with Gasteiger partial charge in [0.1, 0.15) is 0 Å². The molecule has 0 spiro atoms. The van der Waals surface area contributed by atoms with Crippen LogP contribution in [0, 0.1) is 0 Å². The van der Waals surface area contributed by atoms with Crippen LogP contribution in [0.2, 0.25) is 13.1 Å². The van der Waals surface area contributed by atoms with Crippen LogP contribution < -0.4 is 10.9 Å². The van der Waals surface area contributed by atoms with Gasteiger partial charge in [0, 0.05) is 12.3 Å². The second kappa shape index (κ2) is 4.62. The Hall–Kier alpha value is -0.803. The van der Waals surface area contributed by atoms with Crippen LogP contribution in [0.4, 0.5) is 5.69 Å². The largest absolute Gasteiger partial charge is 0.413 e. The van der Waals surface area contributed by atoms with Crippen LogP contribution in [-0.4, -0.2) is 14.9 Å². The van der Waals surface area contributed by atoms with E-state index >= 15 is 0 Å². The maximum absolute atomic E-state index is 5.90. The van der Waals surface area contributed by atoms with Crippen LogP contribution in [-0.2, 0) is 4.43 Å². The minimum Gasteiger partial charge on any atom is -0.413 e. The molecule has 0 saturated carbocycles. The van der Waals surface area contributed by atoms with Gasteiger partial charge in [0.25, 0.3) is 0 Å². The van der Waals surface area contributed by atoms with E-state index in [4.69, 9.17) is 10.2 Å². The van der Waals surface area contributed by atoms with Crippen LogP contribution in [0.5, 0.6) is 0 Å². The number of rotatable bonds is 4. The molecule has 0 saturated heterocycles. The van der Waals surface area contributed by atoms with E-state index in [0.717, 1.165) is 18.7 Å². The fourth-order valence-corrected chi connectivity index (χ4v) is 3.18. The SMILES string of the molecule is CCCO[Si](C)(C)c1ccc(N)cc1. The lowest BCUT2D eigenvalue weighted by Gasteiger charge is -2.23. The van der Waals surface area contributed by atoms with E-state index in [1.165, 1.54) is 5.19 Å². The number of hydrogen-bond donors (Lipinski definition) is 1. The Labute approximate surface area is 87.2 Å². The van der Waals surface area contributed by atoms with E-state index < -0.39 is 8.32 Å². The van der Waals surface area contributed by atoms with Crippen molar-refractivity contribution in [3.63, 3.8) is 0 Å². The van der Waals surface area contributed by atoms with E-state index in [9.17, 15) is 0 Å². The average Bonchev–Trinajstić information content (AvgIpc) is 2.16. The molecule has 2 nitrogen and oxygen atoms in total. The van der Waals surface area contributed by atoms with E-state index in [2.05, 4.69) is 32.2 Å². The zero-order valence-electron chi connectivity index (χ0n) is 9.21. The minimum absolute atomic E-state index is 0.814. The quantitative estimate of drug-likeness (QED) is 0.609. The van der Waals surface area contributed by atoms with Crippen molar-refractivity contribution in [1.82, 2.24) is 0 Å². The lowest BCUT2D eigenvalue weighted by atomic mass is 10.3. The van der Waals surface area contributed by atoms with Gasteiger partial charge in [-0.05, 0) is 36.8 Å². The van der Waals surface area contributed by atoms with E-state index in [0.29, 0.717) is 0 Å². The van der Waals surface area contributed by atoms with Crippen LogP contribution >= 0.6 is 0 Å². The molecule has 0 heterocycles. The Kier molecular flexibility index (Phi) is 3.72. The molecule has 0 amide bonds. The standard InChI is InChI=1S/C11H19NOSi/c1-4-9-13-14(2,3)11-7-5-10(12)6-8-11/h5-8H,4,9,12H2,1-3H3. The van der Waals surface area contributed by atoms with Gasteiger partial charge in [-0.2, -0.15) is 0 Å². The molecule has 0 aliphatic rings. The fraction of sp³-hybridized carbons (Fsp3) is 0.455. The molecule has 0 aliphatic carbocycles. The highest BCUT2D eigenvalue weighted by atomic mass is 28.4. The molecule has 3 heteroatoms. The lowest BCUT2D eigenvalue weighted by molar-refractivity contribution is 0.315. The topological polar surface area (TPSA) is 35.2 Å². The summed E-state index contributed by atoms with van der Waals surface area (Å²) in [5.74, 6) is 0. The van der Waals surface area contributed by atoms with Gasteiger partial charge < -0.3 is 10.2 Å². The van der Waals surface area contributed by atoms with Gasteiger partial charge in [-0.25, -0.2) is 0 Å². The molecule has 14 heavy (non-hydrogen) atoms. The van der Waals surface area contributed by atoms with Crippen LogP contribution in [0.1, 0.15) is 13.3 Å². The first kappa shape index (κ1) is 11.3. The van der Waals surface area contributed by atoms with Gasteiger partial charge in [0.05, 0.1) is 0 Å². The van der Waals surface area contributed by atoms with Gasteiger partial charge in [0.2, 0.25) is 8.32 Å².